The number of anilines is 1. The summed E-state index contributed by atoms with van der Waals surface area (Å²) >= 11 is 1.59. The minimum absolute atomic E-state index is 0.772. The van der Waals surface area contributed by atoms with Gasteiger partial charge in [0.05, 0.1) is 0 Å². The van der Waals surface area contributed by atoms with E-state index in [1.165, 1.54) is 0 Å². The summed E-state index contributed by atoms with van der Waals surface area (Å²) in [5.74, 6) is 0.855. The van der Waals surface area contributed by atoms with Gasteiger partial charge >= 0.3 is 0 Å². The fourth-order valence-corrected chi connectivity index (χ4v) is 1.73. The van der Waals surface area contributed by atoms with Crippen molar-refractivity contribution >= 4 is 29.2 Å². The van der Waals surface area contributed by atoms with Crippen LogP contribution in [-0.2, 0) is 0 Å². The van der Waals surface area contributed by atoms with Gasteiger partial charge in [-0.2, -0.15) is 5.10 Å². The number of rotatable bonds is 3. The molecule has 106 valence electrons. The van der Waals surface area contributed by atoms with Crippen molar-refractivity contribution in [3.63, 3.8) is 0 Å². The van der Waals surface area contributed by atoms with Gasteiger partial charge in [-0.25, -0.2) is 0 Å². The molecule has 1 rings (SSSR count). The van der Waals surface area contributed by atoms with E-state index in [0.717, 1.165) is 22.1 Å². The third-order valence-electron chi connectivity index (χ3n) is 1.97. The van der Waals surface area contributed by atoms with Gasteiger partial charge in [0.15, 0.2) is 0 Å². The first-order chi connectivity index (χ1) is 8.99. The number of hydrogen-bond donors (Lipinski definition) is 1. The smallest absolute Gasteiger partial charge is 0.134 e. The number of benzene rings is 1. The zero-order chi connectivity index (χ0) is 14.8. The molecule has 0 amide bonds. The van der Waals surface area contributed by atoms with Crippen molar-refractivity contribution in [2.45, 2.75) is 39.5 Å². The molecule has 5 heteroatoms. The highest BCUT2D eigenvalue weighted by Crippen LogP contribution is 2.22. The Labute approximate surface area is 120 Å². The Morgan fingerprint density at radius 2 is 1.58 bits per heavy atom. The summed E-state index contributed by atoms with van der Waals surface area (Å²) in [7, 11) is 1.96. The Bertz CT molecular complexity index is 420. The highest BCUT2D eigenvalue weighted by atomic mass is 32.2. The van der Waals surface area contributed by atoms with Crippen LogP contribution in [0.2, 0.25) is 0 Å². The van der Waals surface area contributed by atoms with E-state index in [1.54, 1.807) is 11.9 Å². The Balaban J connectivity index is 0.00000154. The van der Waals surface area contributed by atoms with E-state index >= 15 is 0 Å². The van der Waals surface area contributed by atoms with Crippen LogP contribution < -0.4 is 5.73 Å². The Kier molecular flexibility index (Phi) is 8.70. The van der Waals surface area contributed by atoms with Crippen LogP contribution in [0.3, 0.4) is 0 Å². The van der Waals surface area contributed by atoms with E-state index in [1.807, 2.05) is 70.2 Å². The summed E-state index contributed by atoms with van der Waals surface area (Å²) in [5.41, 5.74) is 7.35. The molecule has 0 aliphatic heterocycles. The zero-order valence-corrected chi connectivity index (χ0v) is 13.5. The van der Waals surface area contributed by atoms with Crippen molar-refractivity contribution in [2.24, 2.45) is 10.2 Å². The molecule has 1 aromatic rings. The normalized spacial score (nSPS) is 10.3. The molecule has 0 heterocycles. The molecule has 0 unspecified atom stereocenters. The molecular weight excluding hydrogens is 256 g/mol. The van der Waals surface area contributed by atoms with Crippen molar-refractivity contribution in [1.82, 2.24) is 4.31 Å². The fraction of sp³-hybridized carbons (Fsp3) is 0.429. The average molecular weight is 280 g/mol. The highest BCUT2D eigenvalue weighted by molar-refractivity contribution is 7.97. The van der Waals surface area contributed by atoms with Crippen LogP contribution in [-0.4, -0.2) is 22.9 Å². The molecule has 0 aliphatic rings. The van der Waals surface area contributed by atoms with Crippen LogP contribution in [0, 0.1) is 0 Å². The van der Waals surface area contributed by atoms with Crippen molar-refractivity contribution < 1.29 is 0 Å². The lowest BCUT2D eigenvalue weighted by molar-refractivity contribution is 0.824. The molecule has 0 aromatic heterocycles. The largest absolute Gasteiger partial charge is 0.399 e. The maximum absolute atomic E-state index is 5.63. The summed E-state index contributed by atoms with van der Waals surface area (Å²) in [6.45, 7) is 9.77. The van der Waals surface area contributed by atoms with Gasteiger partial charge in [0.1, 0.15) is 5.84 Å². The molecule has 0 saturated carbocycles. The monoisotopic (exact) mass is 280 g/mol. The van der Waals surface area contributed by atoms with E-state index in [9.17, 15) is 0 Å². The summed E-state index contributed by atoms with van der Waals surface area (Å²) < 4.78 is 1.97. The molecular formula is C14H24N4S. The molecule has 0 spiro atoms. The van der Waals surface area contributed by atoms with Crippen molar-refractivity contribution in [3.8, 4) is 0 Å². The van der Waals surface area contributed by atoms with Crippen molar-refractivity contribution in [3.05, 3.63) is 24.3 Å². The first-order valence-electron chi connectivity index (χ1n) is 6.31. The van der Waals surface area contributed by atoms with Gasteiger partial charge in [-0.3, -0.25) is 0 Å². The van der Waals surface area contributed by atoms with E-state index in [4.69, 9.17) is 5.73 Å². The quantitative estimate of drug-likeness (QED) is 0.299. The lowest BCUT2D eigenvalue weighted by atomic mass is 10.3. The van der Waals surface area contributed by atoms with Crippen LogP contribution in [0.15, 0.2) is 39.4 Å². The first kappa shape index (κ1) is 17.5. The second-order valence-corrected chi connectivity index (χ2v) is 5.05. The summed E-state index contributed by atoms with van der Waals surface area (Å²) in [6, 6.07) is 7.74. The minimum atomic E-state index is 0.772. The van der Waals surface area contributed by atoms with E-state index in [-0.39, 0.29) is 0 Å². The second kappa shape index (κ2) is 9.44. The Morgan fingerprint density at radius 1 is 1.05 bits per heavy atom. The van der Waals surface area contributed by atoms with E-state index in [0.29, 0.717) is 0 Å². The number of nitrogen functional groups attached to an aromatic ring is 1. The number of nitrogens with zero attached hydrogens (tertiary/aromatic N) is 3. The summed E-state index contributed by atoms with van der Waals surface area (Å²) in [6.07, 6.45) is 0. The number of nitrogens with two attached hydrogens (primary N) is 1. The average Bonchev–Trinajstić information content (AvgIpc) is 2.40. The predicted molar refractivity (Wildman–Crippen MR) is 87.7 cm³/mol. The maximum atomic E-state index is 5.63. The fourth-order valence-electron chi connectivity index (χ4n) is 0.988. The molecule has 4 nitrogen and oxygen atoms in total. The van der Waals surface area contributed by atoms with E-state index in [2.05, 4.69) is 10.2 Å². The predicted octanol–water partition coefficient (Wildman–Crippen LogP) is 4.05. The van der Waals surface area contributed by atoms with Gasteiger partial charge in [-0.15, -0.1) is 5.10 Å². The number of amidine groups is 1. The molecule has 0 bridgehead atoms. The molecule has 1 aromatic carbocycles. The number of hydrogen-bond acceptors (Lipinski definition) is 4. The standard InChI is InChI=1S/C12H18N4S.C2H6/c1-9(2)14-15-10(3)16(4)17-12-7-5-11(13)6-8-12;1-2/h5-8H,13H2,1-4H3;1-2H3/b15-10+;. The van der Waals surface area contributed by atoms with Crippen molar-refractivity contribution in [2.75, 3.05) is 12.8 Å². The van der Waals surface area contributed by atoms with Gasteiger partial charge in [-0.1, -0.05) is 13.8 Å². The molecule has 2 N–H and O–H groups in total. The van der Waals surface area contributed by atoms with Crippen LogP contribution >= 0.6 is 11.9 Å². The van der Waals surface area contributed by atoms with Crippen molar-refractivity contribution in [1.29, 1.82) is 0 Å². The van der Waals surface area contributed by atoms with Crippen LogP contribution in [0.25, 0.3) is 0 Å². The van der Waals surface area contributed by atoms with E-state index < -0.39 is 0 Å². The van der Waals surface area contributed by atoms with Gasteiger partial charge in [-0.05, 0) is 57.0 Å². The molecule has 19 heavy (non-hydrogen) atoms. The Morgan fingerprint density at radius 3 is 2.05 bits per heavy atom. The van der Waals surface area contributed by atoms with Gasteiger partial charge in [0.25, 0.3) is 0 Å². The summed E-state index contributed by atoms with van der Waals surface area (Å²) in [5, 5.41) is 8.15. The molecule has 0 radical (unpaired) electrons. The van der Waals surface area contributed by atoms with Crippen LogP contribution in [0.4, 0.5) is 5.69 Å². The molecule has 0 saturated heterocycles. The van der Waals surface area contributed by atoms with Gasteiger partial charge in [0, 0.05) is 23.3 Å². The lowest BCUT2D eigenvalue weighted by Gasteiger charge is -2.15. The molecule has 0 fully saturated rings. The Hall–Kier alpha value is -1.49. The third kappa shape index (κ3) is 7.51. The SMILES string of the molecule is CC.CC(C)=N/N=C(\C)N(C)Sc1ccc(N)cc1. The van der Waals surface area contributed by atoms with Gasteiger partial charge < -0.3 is 10.0 Å². The molecule has 0 atom stereocenters. The van der Waals surface area contributed by atoms with Gasteiger partial charge in [0.2, 0.25) is 0 Å². The van der Waals surface area contributed by atoms with Crippen LogP contribution in [0.1, 0.15) is 34.6 Å². The maximum Gasteiger partial charge on any atom is 0.134 e. The zero-order valence-electron chi connectivity index (χ0n) is 12.6. The minimum Gasteiger partial charge on any atom is -0.399 e. The first-order valence-corrected chi connectivity index (χ1v) is 7.09. The lowest BCUT2D eigenvalue weighted by Crippen LogP contribution is -2.15. The highest BCUT2D eigenvalue weighted by Gasteiger charge is 2.03. The van der Waals surface area contributed by atoms with Crippen LogP contribution in [0.5, 0.6) is 0 Å². The topological polar surface area (TPSA) is 54.0 Å². The second-order valence-electron chi connectivity index (χ2n) is 3.85. The molecule has 0 aliphatic carbocycles. The summed E-state index contributed by atoms with van der Waals surface area (Å²) in [4.78, 5) is 1.12. The third-order valence-corrected chi connectivity index (χ3v) is 2.99.